The van der Waals surface area contributed by atoms with Crippen LogP contribution in [-0.2, 0) is 18.2 Å². The Balaban J connectivity index is 1.64. The molecule has 0 amide bonds. The number of aryl methyl sites for hydroxylation is 1. The molecule has 3 rings (SSSR count). The van der Waals surface area contributed by atoms with E-state index < -0.39 is 0 Å². The van der Waals surface area contributed by atoms with Crippen LogP contribution in [0.25, 0.3) is 0 Å². The third-order valence-corrected chi connectivity index (χ3v) is 5.23. The Morgan fingerprint density at radius 1 is 1.30 bits per heavy atom. The monoisotopic (exact) mass is 354 g/mol. The molecule has 0 saturated carbocycles. The van der Waals surface area contributed by atoms with E-state index >= 15 is 0 Å². The van der Waals surface area contributed by atoms with Crippen LogP contribution in [0.2, 0.25) is 10.0 Å². The molecule has 1 aromatic carbocycles. The summed E-state index contributed by atoms with van der Waals surface area (Å²) < 4.78 is 7.38. The van der Waals surface area contributed by atoms with E-state index in [1.54, 1.807) is 11.8 Å². The van der Waals surface area contributed by atoms with Crippen LogP contribution in [0, 0.1) is 0 Å². The van der Waals surface area contributed by atoms with Crippen LogP contribution >= 0.6 is 23.2 Å². The molecule has 2 aromatic rings. The predicted molar refractivity (Wildman–Crippen MR) is 91.1 cm³/mol. The Morgan fingerprint density at radius 2 is 2.13 bits per heavy atom. The van der Waals surface area contributed by atoms with Crippen molar-refractivity contribution >= 4 is 23.2 Å². The first kappa shape index (κ1) is 16.7. The highest BCUT2D eigenvalue weighted by Gasteiger charge is 2.35. The van der Waals surface area contributed by atoms with Gasteiger partial charge in [0.2, 0.25) is 0 Å². The fourth-order valence-corrected chi connectivity index (χ4v) is 3.53. The minimum absolute atomic E-state index is 0.140. The molecule has 0 aliphatic carbocycles. The van der Waals surface area contributed by atoms with Gasteiger partial charge in [0.25, 0.3) is 0 Å². The van der Waals surface area contributed by atoms with Crippen LogP contribution < -0.4 is 0 Å². The molecule has 1 aromatic heterocycles. The number of nitrogens with zero attached hydrogens (tertiary/aromatic N) is 4. The Bertz CT molecular complexity index is 676. The number of methoxy groups -OCH3 is 1. The molecule has 7 heteroatoms. The summed E-state index contributed by atoms with van der Waals surface area (Å²) in [7, 11) is 3.64. The molecule has 1 aliphatic rings. The van der Waals surface area contributed by atoms with Crippen molar-refractivity contribution in [2.45, 2.75) is 18.4 Å². The van der Waals surface area contributed by atoms with Crippen molar-refractivity contribution < 1.29 is 4.74 Å². The van der Waals surface area contributed by atoms with E-state index in [-0.39, 0.29) is 12.0 Å². The number of hydrogen-bond acceptors (Lipinski definition) is 4. The van der Waals surface area contributed by atoms with Crippen molar-refractivity contribution in [2.75, 3.05) is 26.7 Å². The van der Waals surface area contributed by atoms with Crippen molar-refractivity contribution in [3.63, 3.8) is 0 Å². The molecule has 1 saturated heterocycles. The van der Waals surface area contributed by atoms with Gasteiger partial charge in [-0.05, 0) is 18.1 Å². The Labute approximate surface area is 146 Å². The maximum atomic E-state index is 6.27. The number of ether oxygens (including phenoxy) is 1. The molecule has 2 heterocycles. The molecule has 0 N–H and O–H groups in total. The van der Waals surface area contributed by atoms with E-state index in [0.29, 0.717) is 10.0 Å². The average Bonchev–Trinajstić information content (AvgIpc) is 3.14. The van der Waals surface area contributed by atoms with Gasteiger partial charge in [-0.2, -0.15) is 0 Å². The highest BCUT2D eigenvalue weighted by Crippen LogP contribution is 2.29. The number of likely N-dealkylation sites (tertiary alicyclic amines) is 1. The van der Waals surface area contributed by atoms with E-state index in [9.17, 15) is 0 Å². The first-order valence-corrected chi connectivity index (χ1v) is 8.38. The largest absolute Gasteiger partial charge is 0.379 e. The van der Waals surface area contributed by atoms with Gasteiger partial charge < -0.3 is 4.74 Å². The van der Waals surface area contributed by atoms with E-state index in [1.165, 1.54) is 0 Å². The summed E-state index contributed by atoms with van der Waals surface area (Å²) in [6, 6.07) is 5.78. The normalized spacial score (nSPS) is 21.9. The fourth-order valence-electron chi connectivity index (χ4n) is 3.11. The molecule has 2 atom stereocenters. The van der Waals surface area contributed by atoms with Crippen molar-refractivity contribution in [2.24, 2.45) is 7.05 Å². The SMILES string of the molecule is CO[C@@H]1CN(CCc2cccc(Cl)c2Cl)C[C@H]1c1cn(C)nn1. The van der Waals surface area contributed by atoms with Crippen molar-refractivity contribution in [3.8, 4) is 0 Å². The summed E-state index contributed by atoms with van der Waals surface area (Å²) in [4.78, 5) is 2.38. The third kappa shape index (κ3) is 3.69. The zero-order valence-corrected chi connectivity index (χ0v) is 14.8. The second-order valence-electron chi connectivity index (χ2n) is 5.92. The maximum Gasteiger partial charge on any atom is 0.0897 e. The standard InChI is InChI=1S/C16H20Cl2N4O/c1-21-9-14(19-20-21)12-8-22(10-15(12)23-2)7-6-11-4-3-5-13(17)16(11)18/h3-5,9,12,15H,6-8,10H2,1-2H3/t12-,15+/m0/s1. The first-order valence-electron chi connectivity index (χ1n) is 7.62. The molecule has 124 valence electrons. The van der Waals surface area contributed by atoms with Crippen LogP contribution in [0.3, 0.4) is 0 Å². The molecule has 0 radical (unpaired) electrons. The van der Waals surface area contributed by atoms with Crippen molar-refractivity contribution in [1.29, 1.82) is 0 Å². The van der Waals surface area contributed by atoms with Gasteiger partial charge in [-0.3, -0.25) is 9.58 Å². The van der Waals surface area contributed by atoms with Gasteiger partial charge in [0, 0.05) is 45.9 Å². The lowest BCUT2D eigenvalue weighted by Gasteiger charge is -2.16. The molecule has 23 heavy (non-hydrogen) atoms. The van der Waals surface area contributed by atoms with Crippen LogP contribution in [-0.4, -0.2) is 52.7 Å². The van der Waals surface area contributed by atoms with Gasteiger partial charge in [0.15, 0.2) is 0 Å². The second-order valence-corrected chi connectivity index (χ2v) is 6.71. The zero-order valence-electron chi connectivity index (χ0n) is 13.2. The minimum atomic E-state index is 0.140. The first-order chi connectivity index (χ1) is 11.1. The number of benzene rings is 1. The number of halogens is 2. The smallest absolute Gasteiger partial charge is 0.0897 e. The Hall–Kier alpha value is -1.14. The summed E-state index contributed by atoms with van der Waals surface area (Å²) >= 11 is 12.3. The highest BCUT2D eigenvalue weighted by atomic mass is 35.5. The lowest BCUT2D eigenvalue weighted by atomic mass is 10.0. The van der Waals surface area contributed by atoms with Gasteiger partial charge >= 0.3 is 0 Å². The summed E-state index contributed by atoms with van der Waals surface area (Å²) in [5, 5.41) is 9.54. The molecule has 1 fully saturated rings. The maximum absolute atomic E-state index is 6.27. The number of aromatic nitrogens is 3. The third-order valence-electron chi connectivity index (χ3n) is 4.37. The average molecular weight is 355 g/mol. The van der Waals surface area contributed by atoms with Gasteiger partial charge in [0.1, 0.15) is 0 Å². The van der Waals surface area contributed by atoms with E-state index in [4.69, 9.17) is 27.9 Å². The summed E-state index contributed by atoms with van der Waals surface area (Å²) in [6.07, 6.45) is 2.97. The summed E-state index contributed by atoms with van der Waals surface area (Å²) in [6.45, 7) is 2.71. The van der Waals surface area contributed by atoms with E-state index in [2.05, 4.69) is 15.2 Å². The van der Waals surface area contributed by atoms with Gasteiger partial charge in [0.05, 0.1) is 21.8 Å². The predicted octanol–water partition coefficient (Wildman–Crippen LogP) is 2.78. The van der Waals surface area contributed by atoms with Gasteiger partial charge in [-0.25, -0.2) is 0 Å². The van der Waals surface area contributed by atoms with Crippen LogP contribution in [0.4, 0.5) is 0 Å². The topological polar surface area (TPSA) is 43.2 Å². The highest BCUT2D eigenvalue weighted by molar-refractivity contribution is 6.42. The fraction of sp³-hybridized carbons (Fsp3) is 0.500. The number of rotatable bonds is 5. The lowest BCUT2D eigenvalue weighted by Crippen LogP contribution is -2.25. The number of hydrogen-bond donors (Lipinski definition) is 0. The zero-order chi connectivity index (χ0) is 16.4. The van der Waals surface area contributed by atoms with Crippen LogP contribution in [0.5, 0.6) is 0 Å². The van der Waals surface area contributed by atoms with Crippen LogP contribution in [0.15, 0.2) is 24.4 Å². The van der Waals surface area contributed by atoms with Gasteiger partial charge in [-0.15, -0.1) is 5.10 Å². The van der Waals surface area contributed by atoms with E-state index in [0.717, 1.165) is 37.3 Å². The molecule has 0 spiro atoms. The van der Waals surface area contributed by atoms with Crippen LogP contribution in [0.1, 0.15) is 17.2 Å². The molecule has 5 nitrogen and oxygen atoms in total. The minimum Gasteiger partial charge on any atom is -0.379 e. The van der Waals surface area contributed by atoms with Crippen molar-refractivity contribution in [3.05, 3.63) is 45.7 Å². The Morgan fingerprint density at radius 3 is 2.83 bits per heavy atom. The quantitative estimate of drug-likeness (QED) is 0.827. The van der Waals surface area contributed by atoms with Gasteiger partial charge in [-0.1, -0.05) is 40.5 Å². The lowest BCUT2D eigenvalue weighted by molar-refractivity contribution is 0.0965. The molecule has 1 aliphatic heterocycles. The Kier molecular flexibility index (Phi) is 5.21. The molecular formula is C16H20Cl2N4O. The molecule has 0 unspecified atom stereocenters. The molecular weight excluding hydrogens is 335 g/mol. The molecule has 0 bridgehead atoms. The van der Waals surface area contributed by atoms with Crippen molar-refractivity contribution in [1.82, 2.24) is 19.9 Å². The second kappa shape index (κ2) is 7.18. The summed E-state index contributed by atoms with van der Waals surface area (Å²) in [5.74, 6) is 0.253. The van der Waals surface area contributed by atoms with E-state index in [1.807, 2.05) is 31.4 Å². The summed E-state index contributed by atoms with van der Waals surface area (Å²) in [5.41, 5.74) is 2.07.